The predicted octanol–water partition coefficient (Wildman–Crippen LogP) is 0.965. The zero-order valence-electron chi connectivity index (χ0n) is 8.37. The topological polar surface area (TPSA) is 57.6 Å². The van der Waals surface area contributed by atoms with E-state index in [9.17, 15) is 18.4 Å². The van der Waals surface area contributed by atoms with Crippen molar-refractivity contribution in [2.45, 2.75) is 25.7 Å². The fraction of sp³-hybridized carbons (Fsp3) is 0.778. The minimum Gasteiger partial charge on any atom is -0.481 e. The lowest BCUT2D eigenvalue weighted by Gasteiger charge is -2.19. The molecule has 15 heavy (non-hydrogen) atoms. The number of carbonyl (C=O) groups excluding carboxylic acids is 1. The number of likely N-dealkylation sites (tertiary alicyclic amines) is 1. The standard InChI is InChI=1S/C9H13F2NO3/c1-2-6(8(14)15)7(13)12-4-3-9(10,11)5-12/h6H,2-5H2,1H3,(H,14,15). The number of aliphatic carboxylic acids is 1. The second kappa shape index (κ2) is 4.12. The van der Waals surface area contributed by atoms with Gasteiger partial charge in [-0.15, -0.1) is 0 Å². The van der Waals surface area contributed by atoms with Crippen LogP contribution in [0.4, 0.5) is 8.78 Å². The number of hydrogen-bond acceptors (Lipinski definition) is 2. The summed E-state index contributed by atoms with van der Waals surface area (Å²) in [6.07, 6.45) is -0.259. The van der Waals surface area contributed by atoms with Gasteiger partial charge in [0.25, 0.3) is 5.92 Å². The van der Waals surface area contributed by atoms with Gasteiger partial charge in [0.15, 0.2) is 0 Å². The molecule has 86 valence electrons. The van der Waals surface area contributed by atoms with Crippen LogP contribution in [-0.4, -0.2) is 40.9 Å². The molecular formula is C9H13F2NO3. The molecule has 1 aliphatic rings. The third-order valence-electron chi connectivity index (χ3n) is 2.49. The lowest BCUT2D eigenvalue weighted by molar-refractivity contribution is -0.151. The first-order valence-corrected chi connectivity index (χ1v) is 4.77. The van der Waals surface area contributed by atoms with Gasteiger partial charge in [0.2, 0.25) is 5.91 Å². The van der Waals surface area contributed by atoms with Gasteiger partial charge in [-0.3, -0.25) is 9.59 Å². The Morgan fingerprint density at radius 2 is 2.13 bits per heavy atom. The highest BCUT2D eigenvalue weighted by molar-refractivity contribution is 5.97. The number of carboxylic acid groups (broad SMARTS) is 1. The molecule has 0 aromatic heterocycles. The Balaban J connectivity index is 2.65. The van der Waals surface area contributed by atoms with Gasteiger partial charge in [0, 0.05) is 13.0 Å². The number of carbonyl (C=O) groups is 2. The van der Waals surface area contributed by atoms with Crippen molar-refractivity contribution >= 4 is 11.9 Å². The van der Waals surface area contributed by atoms with Gasteiger partial charge in [0.05, 0.1) is 6.54 Å². The molecule has 6 heteroatoms. The van der Waals surface area contributed by atoms with E-state index in [4.69, 9.17) is 5.11 Å². The molecule has 1 amide bonds. The van der Waals surface area contributed by atoms with Gasteiger partial charge >= 0.3 is 5.97 Å². The molecular weight excluding hydrogens is 208 g/mol. The van der Waals surface area contributed by atoms with Gasteiger partial charge in [-0.25, -0.2) is 8.78 Å². The monoisotopic (exact) mass is 221 g/mol. The van der Waals surface area contributed by atoms with Gasteiger partial charge in [-0.1, -0.05) is 6.92 Å². The molecule has 0 aliphatic carbocycles. The Labute approximate surface area is 85.9 Å². The van der Waals surface area contributed by atoms with E-state index in [1.54, 1.807) is 6.92 Å². The van der Waals surface area contributed by atoms with Crippen molar-refractivity contribution in [3.63, 3.8) is 0 Å². The Hall–Kier alpha value is -1.20. The van der Waals surface area contributed by atoms with Crippen molar-refractivity contribution in [3.05, 3.63) is 0 Å². The van der Waals surface area contributed by atoms with Crippen LogP contribution < -0.4 is 0 Å². The van der Waals surface area contributed by atoms with Crippen molar-refractivity contribution in [3.8, 4) is 0 Å². The van der Waals surface area contributed by atoms with Gasteiger partial charge in [-0.05, 0) is 6.42 Å². The van der Waals surface area contributed by atoms with Crippen LogP contribution in [-0.2, 0) is 9.59 Å². The summed E-state index contributed by atoms with van der Waals surface area (Å²) in [6, 6.07) is 0. The van der Waals surface area contributed by atoms with E-state index in [0.29, 0.717) is 0 Å². The van der Waals surface area contributed by atoms with E-state index in [1.807, 2.05) is 0 Å². The summed E-state index contributed by atoms with van der Waals surface area (Å²) in [5, 5.41) is 8.70. The number of alkyl halides is 2. The average molecular weight is 221 g/mol. The Kier molecular flexibility index (Phi) is 3.26. The highest BCUT2D eigenvalue weighted by Crippen LogP contribution is 2.28. The number of carboxylic acids is 1. The zero-order valence-corrected chi connectivity index (χ0v) is 8.37. The van der Waals surface area contributed by atoms with Crippen LogP contribution in [0.5, 0.6) is 0 Å². The molecule has 1 atom stereocenters. The number of halogens is 2. The fourth-order valence-corrected chi connectivity index (χ4v) is 1.60. The van der Waals surface area contributed by atoms with Crippen LogP contribution in [0.1, 0.15) is 19.8 Å². The largest absolute Gasteiger partial charge is 0.481 e. The molecule has 1 N–H and O–H groups in total. The van der Waals surface area contributed by atoms with Crippen LogP contribution in [0, 0.1) is 5.92 Å². The molecule has 1 heterocycles. The highest BCUT2D eigenvalue weighted by atomic mass is 19.3. The fourth-order valence-electron chi connectivity index (χ4n) is 1.60. The minimum absolute atomic E-state index is 0.0599. The zero-order chi connectivity index (χ0) is 11.6. The maximum atomic E-state index is 12.8. The number of hydrogen-bond donors (Lipinski definition) is 1. The summed E-state index contributed by atoms with van der Waals surface area (Å²) in [5.74, 6) is -6.02. The summed E-state index contributed by atoms with van der Waals surface area (Å²) in [6.45, 7) is 0.829. The molecule has 0 aromatic carbocycles. The van der Waals surface area contributed by atoms with E-state index < -0.39 is 30.3 Å². The van der Waals surface area contributed by atoms with Crippen LogP contribution in [0.25, 0.3) is 0 Å². The first kappa shape index (κ1) is 11.9. The quantitative estimate of drug-likeness (QED) is 0.722. The van der Waals surface area contributed by atoms with E-state index >= 15 is 0 Å². The summed E-state index contributed by atoms with van der Waals surface area (Å²) >= 11 is 0. The second-order valence-electron chi connectivity index (χ2n) is 3.66. The molecule has 1 unspecified atom stereocenters. The average Bonchev–Trinajstić information content (AvgIpc) is 2.46. The SMILES string of the molecule is CCC(C(=O)O)C(=O)N1CCC(F)(F)C1. The molecule has 4 nitrogen and oxygen atoms in total. The lowest BCUT2D eigenvalue weighted by atomic mass is 10.1. The molecule has 0 saturated carbocycles. The molecule has 1 aliphatic heterocycles. The molecule has 1 saturated heterocycles. The van der Waals surface area contributed by atoms with Gasteiger partial charge in [-0.2, -0.15) is 0 Å². The molecule has 1 rings (SSSR count). The maximum Gasteiger partial charge on any atom is 0.316 e. The maximum absolute atomic E-state index is 12.8. The Morgan fingerprint density at radius 3 is 2.47 bits per heavy atom. The van der Waals surface area contributed by atoms with Gasteiger partial charge < -0.3 is 10.0 Å². The molecule has 1 fully saturated rings. The summed E-state index contributed by atoms with van der Waals surface area (Å²) in [4.78, 5) is 23.1. The van der Waals surface area contributed by atoms with E-state index in [-0.39, 0.29) is 19.4 Å². The van der Waals surface area contributed by atoms with E-state index in [0.717, 1.165) is 4.90 Å². The van der Waals surface area contributed by atoms with Gasteiger partial charge in [0.1, 0.15) is 5.92 Å². The molecule has 0 spiro atoms. The Bertz CT molecular complexity index is 281. The summed E-state index contributed by atoms with van der Waals surface area (Å²) < 4.78 is 25.6. The smallest absolute Gasteiger partial charge is 0.316 e. The van der Waals surface area contributed by atoms with E-state index in [2.05, 4.69) is 0 Å². The highest BCUT2D eigenvalue weighted by Gasteiger charge is 2.42. The molecule has 0 aromatic rings. The number of amides is 1. The van der Waals surface area contributed by atoms with Crippen LogP contribution in [0.2, 0.25) is 0 Å². The third kappa shape index (κ3) is 2.64. The van der Waals surface area contributed by atoms with Crippen molar-refractivity contribution in [1.29, 1.82) is 0 Å². The third-order valence-corrected chi connectivity index (χ3v) is 2.49. The molecule has 0 bridgehead atoms. The van der Waals surface area contributed by atoms with E-state index in [1.165, 1.54) is 0 Å². The lowest BCUT2D eigenvalue weighted by Crippen LogP contribution is -2.39. The first-order chi connectivity index (χ1) is 6.87. The number of rotatable bonds is 3. The van der Waals surface area contributed by atoms with Crippen molar-refractivity contribution in [1.82, 2.24) is 4.90 Å². The Morgan fingerprint density at radius 1 is 1.53 bits per heavy atom. The van der Waals surface area contributed by atoms with Crippen molar-refractivity contribution in [2.24, 2.45) is 5.92 Å². The second-order valence-corrected chi connectivity index (χ2v) is 3.66. The van der Waals surface area contributed by atoms with Crippen molar-refractivity contribution in [2.75, 3.05) is 13.1 Å². The summed E-state index contributed by atoms with van der Waals surface area (Å²) in [7, 11) is 0. The molecule has 0 radical (unpaired) electrons. The van der Waals surface area contributed by atoms with Crippen LogP contribution in [0.15, 0.2) is 0 Å². The van der Waals surface area contributed by atoms with Crippen LogP contribution >= 0.6 is 0 Å². The van der Waals surface area contributed by atoms with Crippen molar-refractivity contribution < 1.29 is 23.5 Å². The van der Waals surface area contributed by atoms with Crippen LogP contribution in [0.3, 0.4) is 0 Å². The first-order valence-electron chi connectivity index (χ1n) is 4.77. The minimum atomic E-state index is -2.87. The normalized spacial score (nSPS) is 21.4. The summed E-state index contributed by atoms with van der Waals surface area (Å²) in [5.41, 5.74) is 0. The number of nitrogens with zero attached hydrogens (tertiary/aromatic N) is 1. The predicted molar refractivity (Wildman–Crippen MR) is 47.6 cm³/mol.